The van der Waals surface area contributed by atoms with Crippen molar-refractivity contribution in [2.24, 2.45) is 0 Å². The van der Waals surface area contributed by atoms with Crippen molar-refractivity contribution < 1.29 is 18.3 Å². The van der Waals surface area contributed by atoms with Gasteiger partial charge in [-0.1, -0.05) is 0 Å². The largest absolute Gasteiger partial charge is 0.396 e. The molecule has 0 unspecified atom stereocenters. The highest BCUT2D eigenvalue weighted by Gasteiger charge is 2.37. The lowest BCUT2D eigenvalue weighted by Gasteiger charge is -2.16. The highest BCUT2D eigenvalue weighted by Crippen LogP contribution is 2.40. The predicted molar refractivity (Wildman–Crippen MR) is 105 cm³/mol. The predicted octanol–water partition coefficient (Wildman–Crippen LogP) is 0.883. The van der Waals surface area contributed by atoms with E-state index in [0.717, 1.165) is 6.26 Å². The van der Waals surface area contributed by atoms with Crippen molar-refractivity contribution in [2.75, 3.05) is 30.3 Å². The van der Waals surface area contributed by atoms with Gasteiger partial charge in [-0.2, -0.15) is 5.10 Å². The second-order valence-electron chi connectivity index (χ2n) is 7.13. The summed E-state index contributed by atoms with van der Waals surface area (Å²) in [6.07, 6.45) is 3.26. The second-order valence-corrected chi connectivity index (χ2v) is 9.04. The number of fused-ring (bicyclic) bond motifs is 1. The molecule has 0 saturated carbocycles. The van der Waals surface area contributed by atoms with Crippen LogP contribution in [-0.2, 0) is 10.0 Å². The Morgan fingerprint density at radius 2 is 2.14 bits per heavy atom. The molecule has 2 N–H and O–H groups in total. The lowest BCUT2D eigenvalue weighted by molar-refractivity contribution is 0.0951. The molecule has 0 radical (unpaired) electrons. The van der Waals surface area contributed by atoms with E-state index in [4.69, 9.17) is 5.11 Å². The van der Waals surface area contributed by atoms with Crippen LogP contribution in [0.15, 0.2) is 24.5 Å². The number of rotatable bonds is 7. The Bertz CT molecular complexity index is 970. The van der Waals surface area contributed by atoms with Gasteiger partial charge in [-0.15, -0.1) is 0 Å². The molecule has 2 aromatic rings. The first kappa shape index (κ1) is 20.3. The minimum Gasteiger partial charge on any atom is -0.396 e. The Hall–Kier alpha value is -2.46. The third-order valence-corrected chi connectivity index (χ3v) is 5.82. The van der Waals surface area contributed by atoms with Gasteiger partial charge in [0.25, 0.3) is 5.91 Å². The monoisotopic (exact) mass is 407 g/mol. The van der Waals surface area contributed by atoms with Gasteiger partial charge >= 0.3 is 0 Å². The van der Waals surface area contributed by atoms with Crippen LogP contribution in [0.4, 0.5) is 5.69 Å². The number of anilines is 1. The number of nitrogens with zero attached hydrogens (tertiary/aromatic N) is 4. The van der Waals surface area contributed by atoms with Crippen molar-refractivity contribution in [2.45, 2.75) is 32.2 Å². The third-order valence-electron chi connectivity index (χ3n) is 4.67. The van der Waals surface area contributed by atoms with Crippen molar-refractivity contribution >= 4 is 21.6 Å². The molecule has 2 heterocycles. The molecule has 0 fully saturated rings. The number of carbonyl (C=O) groups excluding carboxylic acids is 1. The molecule has 1 amide bonds. The summed E-state index contributed by atoms with van der Waals surface area (Å²) in [4.78, 5) is 16.7. The van der Waals surface area contributed by atoms with Gasteiger partial charge in [0.2, 0.25) is 10.0 Å². The highest BCUT2D eigenvalue weighted by atomic mass is 32.2. The van der Waals surface area contributed by atoms with Crippen LogP contribution < -0.4 is 9.62 Å². The van der Waals surface area contributed by atoms with Crippen LogP contribution in [0.25, 0.3) is 0 Å². The Balaban J connectivity index is 1.98. The number of carbonyl (C=O) groups is 1. The molecule has 0 spiro atoms. The standard InChI is InChI=1S/C18H25N5O4S/c1-12(2)22-11-20-17(21-22)15-10-23(28(3,26)27)16-6-5-13(9-14(15)16)18(25)19-7-4-8-24/h5-6,9,11-12,15,24H,4,7-8,10H2,1-3H3,(H,19,25)/t15-/m0/s1. The smallest absolute Gasteiger partial charge is 0.251 e. The molecule has 152 valence electrons. The first-order valence-electron chi connectivity index (χ1n) is 9.14. The zero-order chi connectivity index (χ0) is 20.5. The van der Waals surface area contributed by atoms with E-state index >= 15 is 0 Å². The maximum atomic E-state index is 12.4. The Morgan fingerprint density at radius 1 is 1.39 bits per heavy atom. The molecular formula is C18H25N5O4S. The molecule has 1 aromatic carbocycles. The molecule has 28 heavy (non-hydrogen) atoms. The van der Waals surface area contributed by atoms with E-state index in [9.17, 15) is 13.2 Å². The van der Waals surface area contributed by atoms with E-state index in [-0.39, 0.29) is 31.0 Å². The number of nitrogens with one attached hydrogen (secondary N) is 1. The van der Waals surface area contributed by atoms with E-state index in [1.54, 1.807) is 29.2 Å². The molecule has 3 rings (SSSR count). The van der Waals surface area contributed by atoms with Crippen molar-refractivity contribution in [1.29, 1.82) is 0 Å². The average molecular weight is 407 g/mol. The fourth-order valence-electron chi connectivity index (χ4n) is 3.18. The number of hydrogen-bond donors (Lipinski definition) is 2. The zero-order valence-corrected chi connectivity index (χ0v) is 17.0. The Kier molecular flexibility index (Phi) is 5.71. The Labute approximate surface area is 164 Å². The van der Waals surface area contributed by atoms with Gasteiger partial charge in [-0.3, -0.25) is 13.8 Å². The molecule has 9 nitrogen and oxygen atoms in total. The van der Waals surface area contributed by atoms with Crippen LogP contribution in [0.2, 0.25) is 0 Å². The zero-order valence-electron chi connectivity index (χ0n) is 16.2. The number of aromatic nitrogens is 3. The van der Waals surface area contributed by atoms with Crippen LogP contribution in [0.5, 0.6) is 0 Å². The third kappa shape index (κ3) is 4.02. The summed E-state index contributed by atoms with van der Waals surface area (Å²) in [5, 5.41) is 16.1. The van der Waals surface area contributed by atoms with Gasteiger partial charge in [0.05, 0.1) is 17.9 Å². The quantitative estimate of drug-likeness (QED) is 0.658. The summed E-state index contributed by atoms with van der Waals surface area (Å²) in [5.74, 6) is -0.0951. The molecule has 10 heteroatoms. The van der Waals surface area contributed by atoms with Crippen LogP contribution in [0, 0.1) is 0 Å². The number of hydrogen-bond acceptors (Lipinski definition) is 6. The molecule has 1 atom stereocenters. The van der Waals surface area contributed by atoms with Gasteiger partial charge in [0, 0.05) is 31.3 Å². The molecule has 1 aromatic heterocycles. The lowest BCUT2D eigenvalue weighted by atomic mass is 9.98. The van der Waals surface area contributed by atoms with E-state index in [1.807, 2.05) is 13.8 Å². The first-order valence-corrected chi connectivity index (χ1v) is 11.0. The van der Waals surface area contributed by atoms with E-state index < -0.39 is 10.0 Å². The summed E-state index contributed by atoms with van der Waals surface area (Å²) in [6.45, 7) is 4.54. The van der Waals surface area contributed by atoms with Gasteiger partial charge in [-0.05, 0) is 44.0 Å². The van der Waals surface area contributed by atoms with Crippen LogP contribution in [0.1, 0.15) is 54.0 Å². The minimum atomic E-state index is -3.47. The molecule has 1 aliphatic rings. The van der Waals surface area contributed by atoms with Gasteiger partial charge in [0.15, 0.2) is 5.82 Å². The molecule has 1 aliphatic heterocycles. The molecule has 0 saturated heterocycles. The van der Waals surface area contributed by atoms with Crippen LogP contribution >= 0.6 is 0 Å². The normalized spacial score (nSPS) is 16.5. The molecule has 0 bridgehead atoms. The summed E-state index contributed by atoms with van der Waals surface area (Å²) in [5.41, 5.74) is 1.68. The SMILES string of the molecule is CC(C)n1cnc([C@H]2CN(S(C)(=O)=O)c3ccc(C(=O)NCCCO)cc32)n1. The number of aliphatic hydroxyl groups is 1. The van der Waals surface area contributed by atoms with E-state index in [0.29, 0.717) is 35.6 Å². The van der Waals surface area contributed by atoms with Gasteiger partial charge in [0.1, 0.15) is 6.33 Å². The molecule has 0 aliphatic carbocycles. The first-order chi connectivity index (χ1) is 13.2. The van der Waals surface area contributed by atoms with Crippen molar-refractivity contribution in [3.63, 3.8) is 0 Å². The fraction of sp³-hybridized carbons (Fsp3) is 0.500. The highest BCUT2D eigenvalue weighted by molar-refractivity contribution is 7.92. The number of benzene rings is 1. The minimum absolute atomic E-state index is 0.0000406. The van der Waals surface area contributed by atoms with Crippen LogP contribution in [0.3, 0.4) is 0 Å². The van der Waals surface area contributed by atoms with Gasteiger partial charge < -0.3 is 10.4 Å². The van der Waals surface area contributed by atoms with Crippen molar-refractivity contribution in [3.8, 4) is 0 Å². The summed E-state index contributed by atoms with van der Waals surface area (Å²) < 4.78 is 27.6. The van der Waals surface area contributed by atoms with Gasteiger partial charge in [-0.25, -0.2) is 13.4 Å². The maximum absolute atomic E-state index is 12.4. The maximum Gasteiger partial charge on any atom is 0.251 e. The number of amides is 1. The summed E-state index contributed by atoms with van der Waals surface area (Å²) in [7, 11) is -3.47. The average Bonchev–Trinajstić information content (AvgIpc) is 3.25. The van der Waals surface area contributed by atoms with E-state index in [2.05, 4.69) is 15.4 Å². The summed E-state index contributed by atoms with van der Waals surface area (Å²) >= 11 is 0. The molecular weight excluding hydrogens is 382 g/mol. The van der Waals surface area contributed by atoms with E-state index in [1.165, 1.54) is 4.31 Å². The number of aliphatic hydroxyl groups excluding tert-OH is 1. The number of sulfonamides is 1. The Morgan fingerprint density at radius 3 is 2.75 bits per heavy atom. The van der Waals surface area contributed by atoms with Crippen molar-refractivity contribution in [3.05, 3.63) is 41.5 Å². The van der Waals surface area contributed by atoms with Crippen molar-refractivity contribution in [1.82, 2.24) is 20.1 Å². The summed E-state index contributed by atoms with van der Waals surface area (Å²) in [6, 6.07) is 5.09. The second kappa shape index (κ2) is 7.88. The van der Waals surface area contributed by atoms with Crippen LogP contribution in [-0.4, -0.2) is 60.1 Å². The lowest BCUT2D eigenvalue weighted by Crippen LogP contribution is -2.29. The topological polar surface area (TPSA) is 117 Å². The fourth-order valence-corrected chi connectivity index (χ4v) is 4.12.